The maximum atomic E-state index is 12.9. The SMILES string of the molecule is O=C(CCn1cccc1)N1CCN(c2ccc(F)cc2)CC1. The van der Waals surface area contributed by atoms with E-state index >= 15 is 0 Å². The van der Waals surface area contributed by atoms with Gasteiger partial charge in [0.2, 0.25) is 5.91 Å². The van der Waals surface area contributed by atoms with E-state index in [1.165, 1.54) is 12.1 Å². The van der Waals surface area contributed by atoms with E-state index in [4.69, 9.17) is 0 Å². The van der Waals surface area contributed by atoms with Crippen LogP contribution in [0.25, 0.3) is 0 Å². The number of carbonyl (C=O) groups excluding carboxylic acids is 1. The Balaban J connectivity index is 1.48. The van der Waals surface area contributed by atoms with Crippen molar-refractivity contribution in [3.05, 3.63) is 54.6 Å². The van der Waals surface area contributed by atoms with Crippen LogP contribution in [-0.4, -0.2) is 41.6 Å². The summed E-state index contributed by atoms with van der Waals surface area (Å²) in [5, 5.41) is 0. The molecule has 1 aromatic heterocycles. The quantitative estimate of drug-likeness (QED) is 0.867. The van der Waals surface area contributed by atoms with Crippen LogP contribution in [0.4, 0.5) is 10.1 Å². The van der Waals surface area contributed by atoms with E-state index in [2.05, 4.69) is 4.90 Å². The molecule has 0 N–H and O–H groups in total. The van der Waals surface area contributed by atoms with Gasteiger partial charge in [-0.2, -0.15) is 0 Å². The Morgan fingerprint density at radius 3 is 2.27 bits per heavy atom. The molecule has 0 radical (unpaired) electrons. The van der Waals surface area contributed by atoms with Crippen LogP contribution >= 0.6 is 0 Å². The Morgan fingerprint density at radius 2 is 1.64 bits per heavy atom. The largest absolute Gasteiger partial charge is 0.368 e. The molecule has 2 aromatic rings. The standard InChI is InChI=1S/C17H20FN3O/c18-15-3-5-16(6-4-15)20-11-13-21(14-12-20)17(22)7-10-19-8-1-2-9-19/h1-6,8-9H,7,10-14H2. The van der Waals surface area contributed by atoms with Gasteiger partial charge in [0.25, 0.3) is 0 Å². The number of hydrogen-bond donors (Lipinski definition) is 0. The van der Waals surface area contributed by atoms with Crippen LogP contribution in [-0.2, 0) is 11.3 Å². The van der Waals surface area contributed by atoms with Crippen LogP contribution in [0.2, 0.25) is 0 Å². The number of carbonyl (C=O) groups is 1. The lowest BCUT2D eigenvalue weighted by atomic mass is 10.2. The van der Waals surface area contributed by atoms with Crippen molar-refractivity contribution in [2.24, 2.45) is 0 Å². The summed E-state index contributed by atoms with van der Waals surface area (Å²) in [6, 6.07) is 10.5. The molecule has 1 saturated heterocycles. The molecule has 5 heteroatoms. The first-order valence-corrected chi connectivity index (χ1v) is 7.61. The number of hydrogen-bond acceptors (Lipinski definition) is 2. The minimum atomic E-state index is -0.220. The van der Waals surface area contributed by atoms with Gasteiger partial charge in [0.15, 0.2) is 0 Å². The average molecular weight is 301 g/mol. The van der Waals surface area contributed by atoms with E-state index in [0.717, 1.165) is 38.4 Å². The molecule has 2 heterocycles. The Hall–Kier alpha value is -2.30. The van der Waals surface area contributed by atoms with Gasteiger partial charge in [-0.1, -0.05) is 0 Å². The molecule has 0 atom stereocenters. The van der Waals surface area contributed by atoms with Gasteiger partial charge in [0.05, 0.1) is 0 Å². The minimum Gasteiger partial charge on any atom is -0.368 e. The summed E-state index contributed by atoms with van der Waals surface area (Å²) in [7, 11) is 0. The van der Waals surface area contributed by atoms with Gasteiger partial charge in [0, 0.05) is 57.2 Å². The van der Waals surface area contributed by atoms with E-state index in [9.17, 15) is 9.18 Å². The number of halogens is 1. The predicted octanol–water partition coefficient (Wildman–Crippen LogP) is 2.37. The Bertz CT molecular complexity index is 601. The number of rotatable bonds is 4. The number of aryl methyl sites for hydroxylation is 1. The zero-order chi connectivity index (χ0) is 15.4. The summed E-state index contributed by atoms with van der Waals surface area (Å²) in [5.41, 5.74) is 1.01. The van der Waals surface area contributed by atoms with Crippen molar-refractivity contribution in [3.8, 4) is 0 Å². The van der Waals surface area contributed by atoms with Crippen LogP contribution in [0.3, 0.4) is 0 Å². The Morgan fingerprint density at radius 1 is 1.00 bits per heavy atom. The monoisotopic (exact) mass is 301 g/mol. The number of aromatic nitrogens is 1. The van der Waals surface area contributed by atoms with E-state index in [0.29, 0.717) is 6.42 Å². The molecule has 1 aliphatic rings. The van der Waals surface area contributed by atoms with Crippen molar-refractivity contribution in [1.29, 1.82) is 0 Å². The summed E-state index contributed by atoms with van der Waals surface area (Å²) < 4.78 is 15.0. The number of amides is 1. The second-order valence-corrected chi connectivity index (χ2v) is 5.52. The number of piperazine rings is 1. The molecule has 0 bridgehead atoms. The molecule has 0 saturated carbocycles. The zero-order valence-electron chi connectivity index (χ0n) is 12.5. The number of anilines is 1. The van der Waals surface area contributed by atoms with Crippen LogP contribution in [0.1, 0.15) is 6.42 Å². The maximum Gasteiger partial charge on any atom is 0.224 e. The molecular weight excluding hydrogens is 281 g/mol. The van der Waals surface area contributed by atoms with Crippen molar-refractivity contribution in [1.82, 2.24) is 9.47 Å². The van der Waals surface area contributed by atoms with Gasteiger partial charge in [-0.05, 0) is 36.4 Å². The first-order chi connectivity index (χ1) is 10.7. The molecule has 1 aliphatic heterocycles. The van der Waals surface area contributed by atoms with E-state index in [1.54, 1.807) is 12.1 Å². The minimum absolute atomic E-state index is 0.201. The molecule has 116 valence electrons. The summed E-state index contributed by atoms with van der Waals surface area (Å²) in [4.78, 5) is 16.3. The van der Waals surface area contributed by atoms with Gasteiger partial charge >= 0.3 is 0 Å². The molecular formula is C17H20FN3O. The lowest BCUT2D eigenvalue weighted by Crippen LogP contribution is -2.48. The van der Waals surface area contributed by atoms with Crippen LogP contribution in [0, 0.1) is 5.82 Å². The smallest absolute Gasteiger partial charge is 0.224 e. The highest BCUT2D eigenvalue weighted by molar-refractivity contribution is 5.76. The van der Waals surface area contributed by atoms with Gasteiger partial charge in [0.1, 0.15) is 5.82 Å². The summed E-state index contributed by atoms with van der Waals surface area (Å²) in [5.74, 6) is -0.0185. The third-order valence-electron chi connectivity index (χ3n) is 4.07. The number of benzene rings is 1. The first-order valence-electron chi connectivity index (χ1n) is 7.61. The second kappa shape index (κ2) is 6.64. The van der Waals surface area contributed by atoms with E-state index in [-0.39, 0.29) is 11.7 Å². The van der Waals surface area contributed by atoms with Crippen molar-refractivity contribution in [2.75, 3.05) is 31.1 Å². The first kappa shape index (κ1) is 14.6. The van der Waals surface area contributed by atoms with Crippen LogP contribution < -0.4 is 4.90 Å². The fraction of sp³-hybridized carbons (Fsp3) is 0.353. The zero-order valence-corrected chi connectivity index (χ0v) is 12.5. The molecule has 1 fully saturated rings. The molecule has 0 aliphatic carbocycles. The average Bonchev–Trinajstić information content (AvgIpc) is 3.07. The second-order valence-electron chi connectivity index (χ2n) is 5.52. The Kier molecular flexibility index (Phi) is 4.42. The van der Waals surface area contributed by atoms with Crippen molar-refractivity contribution in [3.63, 3.8) is 0 Å². The normalized spacial score (nSPS) is 15.1. The predicted molar refractivity (Wildman–Crippen MR) is 84.2 cm³/mol. The fourth-order valence-electron chi connectivity index (χ4n) is 2.77. The molecule has 0 spiro atoms. The maximum absolute atomic E-state index is 12.9. The highest BCUT2D eigenvalue weighted by Crippen LogP contribution is 2.17. The summed E-state index contributed by atoms with van der Waals surface area (Å²) >= 11 is 0. The van der Waals surface area contributed by atoms with Gasteiger partial charge in [-0.3, -0.25) is 4.79 Å². The lowest BCUT2D eigenvalue weighted by molar-refractivity contribution is -0.131. The number of nitrogens with zero attached hydrogens (tertiary/aromatic N) is 3. The van der Waals surface area contributed by atoms with Gasteiger partial charge in [-0.25, -0.2) is 4.39 Å². The van der Waals surface area contributed by atoms with E-state index in [1.807, 2.05) is 34.0 Å². The van der Waals surface area contributed by atoms with Gasteiger partial charge < -0.3 is 14.4 Å². The lowest BCUT2D eigenvalue weighted by Gasteiger charge is -2.36. The molecule has 22 heavy (non-hydrogen) atoms. The fourth-order valence-corrected chi connectivity index (χ4v) is 2.77. The molecule has 3 rings (SSSR count). The third kappa shape index (κ3) is 3.47. The molecule has 1 amide bonds. The molecule has 4 nitrogen and oxygen atoms in total. The van der Waals surface area contributed by atoms with Gasteiger partial charge in [-0.15, -0.1) is 0 Å². The topological polar surface area (TPSA) is 28.5 Å². The third-order valence-corrected chi connectivity index (χ3v) is 4.07. The highest BCUT2D eigenvalue weighted by Gasteiger charge is 2.20. The van der Waals surface area contributed by atoms with Crippen molar-refractivity contribution < 1.29 is 9.18 Å². The van der Waals surface area contributed by atoms with Crippen molar-refractivity contribution in [2.45, 2.75) is 13.0 Å². The summed E-state index contributed by atoms with van der Waals surface area (Å²) in [6.45, 7) is 3.76. The Labute approximate surface area is 129 Å². The highest BCUT2D eigenvalue weighted by atomic mass is 19.1. The molecule has 1 aromatic carbocycles. The van der Waals surface area contributed by atoms with Crippen molar-refractivity contribution >= 4 is 11.6 Å². The van der Waals surface area contributed by atoms with E-state index < -0.39 is 0 Å². The van der Waals surface area contributed by atoms with Crippen LogP contribution in [0.5, 0.6) is 0 Å². The van der Waals surface area contributed by atoms with Crippen LogP contribution in [0.15, 0.2) is 48.8 Å². The summed E-state index contributed by atoms with van der Waals surface area (Å²) in [6.07, 6.45) is 4.48. The molecule has 0 unspecified atom stereocenters.